The second-order valence-corrected chi connectivity index (χ2v) is 10.3. The third-order valence-corrected chi connectivity index (χ3v) is 8.22. The molecular formula is C28H31N5O3. The summed E-state index contributed by atoms with van der Waals surface area (Å²) in [7, 11) is 0. The topological polar surface area (TPSA) is 91.6 Å². The molecule has 1 aromatic carbocycles. The maximum Gasteiger partial charge on any atom is 0.255 e. The lowest BCUT2D eigenvalue weighted by atomic mass is 9.84. The molecule has 1 unspecified atom stereocenters. The highest BCUT2D eigenvalue weighted by Crippen LogP contribution is 2.41. The highest BCUT2D eigenvalue weighted by molar-refractivity contribution is 5.80. The van der Waals surface area contributed by atoms with Gasteiger partial charge >= 0.3 is 0 Å². The van der Waals surface area contributed by atoms with E-state index in [9.17, 15) is 14.7 Å². The number of rotatable bonds is 5. The molecule has 2 aliphatic heterocycles. The number of amides is 1. The van der Waals surface area contributed by atoms with Crippen molar-refractivity contribution in [1.29, 1.82) is 0 Å². The molecule has 1 N–H and O–H groups in total. The van der Waals surface area contributed by atoms with Gasteiger partial charge < -0.3 is 14.9 Å². The van der Waals surface area contributed by atoms with Gasteiger partial charge in [-0.3, -0.25) is 19.1 Å². The molecular weight excluding hydrogens is 454 g/mol. The summed E-state index contributed by atoms with van der Waals surface area (Å²) >= 11 is 0. The van der Waals surface area contributed by atoms with Gasteiger partial charge in [-0.1, -0.05) is 36.8 Å². The Balaban J connectivity index is 1.40. The van der Waals surface area contributed by atoms with E-state index in [1.54, 1.807) is 23.0 Å². The summed E-state index contributed by atoms with van der Waals surface area (Å²) in [4.78, 5) is 39.5. The number of aliphatic hydroxyl groups excluding tert-OH is 1. The van der Waals surface area contributed by atoms with E-state index < -0.39 is 6.10 Å². The van der Waals surface area contributed by atoms with Crippen LogP contribution in [0.1, 0.15) is 43.8 Å². The highest BCUT2D eigenvalue weighted by atomic mass is 16.3. The van der Waals surface area contributed by atoms with Crippen LogP contribution in [-0.4, -0.2) is 55.6 Å². The first-order valence-electron chi connectivity index (χ1n) is 12.9. The number of β-amino-alcohol motifs (C(OH)–C–C–N with tert-alkyl or cyclic N) is 1. The maximum atomic E-state index is 13.2. The molecule has 2 atom stereocenters. The Labute approximate surface area is 210 Å². The number of anilines is 1. The third kappa shape index (κ3) is 3.99. The van der Waals surface area contributed by atoms with Crippen LogP contribution in [0.15, 0.2) is 65.7 Å². The fraction of sp³-hybridized carbons (Fsp3) is 0.429. The molecule has 8 nitrogen and oxygen atoms in total. The first-order valence-corrected chi connectivity index (χ1v) is 12.9. The number of hydrogen-bond acceptors (Lipinski definition) is 6. The summed E-state index contributed by atoms with van der Waals surface area (Å²) in [5.41, 5.74) is 1.75. The van der Waals surface area contributed by atoms with Crippen LogP contribution in [0.2, 0.25) is 0 Å². The zero-order valence-electron chi connectivity index (χ0n) is 20.3. The second kappa shape index (κ2) is 9.17. The fourth-order valence-corrected chi connectivity index (χ4v) is 5.86. The van der Waals surface area contributed by atoms with Crippen LogP contribution in [-0.2, 0) is 11.3 Å². The molecule has 8 heteroatoms. The Morgan fingerprint density at radius 2 is 1.83 bits per heavy atom. The van der Waals surface area contributed by atoms with E-state index in [-0.39, 0.29) is 22.9 Å². The van der Waals surface area contributed by atoms with Gasteiger partial charge in [-0.15, -0.1) is 0 Å². The largest absolute Gasteiger partial charge is 0.387 e. The zero-order chi connectivity index (χ0) is 24.7. The minimum atomic E-state index is -0.757. The van der Waals surface area contributed by atoms with Gasteiger partial charge in [-0.2, -0.15) is 0 Å². The van der Waals surface area contributed by atoms with Gasteiger partial charge in [0, 0.05) is 49.6 Å². The highest BCUT2D eigenvalue weighted by Gasteiger charge is 2.49. The first kappa shape index (κ1) is 22.9. The van der Waals surface area contributed by atoms with Crippen LogP contribution in [0, 0.1) is 5.92 Å². The number of likely N-dealkylation sites (tertiary alicyclic amines) is 1. The molecule has 1 saturated carbocycles. The van der Waals surface area contributed by atoms with Gasteiger partial charge in [-0.05, 0) is 43.4 Å². The summed E-state index contributed by atoms with van der Waals surface area (Å²) < 4.78 is 1.71. The normalized spacial score (nSPS) is 22.4. The van der Waals surface area contributed by atoms with Crippen molar-refractivity contribution in [3.8, 4) is 11.3 Å². The lowest BCUT2D eigenvalue weighted by Gasteiger charge is -2.47. The summed E-state index contributed by atoms with van der Waals surface area (Å²) in [5, 5.41) is 11.3. The summed E-state index contributed by atoms with van der Waals surface area (Å²) in [6, 6.07) is 14.8. The Morgan fingerprint density at radius 1 is 1.08 bits per heavy atom. The maximum absolute atomic E-state index is 13.2. The van der Waals surface area contributed by atoms with Crippen LogP contribution in [0.25, 0.3) is 11.3 Å². The number of pyridine rings is 1. The van der Waals surface area contributed by atoms with Crippen molar-refractivity contribution in [3.05, 3.63) is 76.8 Å². The predicted molar refractivity (Wildman–Crippen MR) is 136 cm³/mol. The molecule has 4 heterocycles. The molecule has 0 bridgehead atoms. The second-order valence-electron chi connectivity index (χ2n) is 10.3. The Morgan fingerprint density at radius 3 is 2.56 bits per heavy atom. The first-order chi connectivity index (χ1) is 17.5. The van der Waals surface area contributed by atoms with Crippen molar-refractivity contribution < 1.29 is 9.90 Å². The number of aliphatic hydroxyl groups is 1. The van der Waals surface area contributed by atoms with Crippen molar-refractivity contribution >= 4 is 11.9 Å². The molecule has 6 rings (SSSR count). The molecule has 3 aliphatic rings. The monoisotopic (exact) mass is 485 g/mol. The molecule has 1 aliphatic carbocycles. The van der Waals surface area contributed by atoms with Crippen LogP contribution in [0.4, 0.5) is 5.95 Å². The van der Waals surface area contributed by atoms with Gasteiger partial charge in [0.05, 0.1) is 23.9 Å². The number of fused-ring (bicyclic) bond motifs is 1. The third-order valence-electron chi connectivity index (χ3n) is 8.22. The van der Waals surface area contributed by atoms with E-state index in [0.717, 1.165) is 43.2 Å². The van der Waals surface area contributed by atoms with Gasteiger partial charge in [0.25, 0.3) is 5.56 Å². The van der Waals surface area contributed by atoms with Crippen molar-refractivity contribution in [2.24, 2.45) is 5.92 Å². The van der Waals surface area contributed by atoms with Gasteiger partial charge in [0.2, 0.25) is 11.9 Å². The molecule has 1 spiro atoms. The fourth-order valence-electron chi connectivity index (χ4n) is 5.86. The minimum Gasteiger partial charge on any atom is -0.387 e. The molecule has 1 saturated heterocycles. The summed E-state index contributed by atoms with van der Waals surface area (Å²) in [5.74, 6) is 0.968. The van der Waals surface area contributed by atoms with Crippen molar-refractivity contribution in [1.82, 2.24) is 19.4 Å². The Bertz CT molecular complexity index is 1310. The molecule has 3 aromatic rings. The minimum absolute atomic E-state index is 0.110. The van der Waals surface area contributed by atoms with E-state index in [0.29, 0.717) is 37.8 Å². The smallest absolute Gasteiger partial charge is 0.255 e. The summed E-state index contributed by atoms with van der Waals surface area (Å²) in [6.45, 7) is 2.13. The molecule has 36 heavy (non-hydrogen) atoms. The van der Waals surface area contributed by atoms with Crippen LogP contribution >= 0.6 is 0 Å². The van der Waals surface area contributed by atoms with E-state index in [1.807, 2.05) is 47.4 Å². The van der Waals surface area contributed by atoms with Crippen molar-refractivity contribution in [2.45, 2.75) is 50.3 Å². The van der Waals surface area contributed by atoms with Gasteiger partial charge in [-0.25, -0.2) is 4.98 Å². The van der Waals surface area contributed by atoms with Crippen molar-refractivity contribution in [2.75, 3.05) is 24.5 Å². The number of benzene rings is 1. The van der Waals surface area contributed by atoms with Crippen LogP contribution < -0.4 is 10.5 Å². The number of nitrogens with zero attached hydrogens (tertiary/aromatic N) is 5. The van der Waals surface area contributed by atoms with E-state index in [4.69, 9.17) is 4.98 Å². The average molecular weight is 486 g/mol. The average Bonchev–Trinajstić information content (AvgIpc) is 3.30. The van der Waals surface area contributed by atoms with Crippen LogP contribution in [0.5, 0.6) is 0 Å². The number of aromatic nitrogens is 3. The van der Waals surface area contributed by atoms with Crippen molar-refractivity contribution in [3.63, 3.8) is 0 Å². The van der Waals surface area contributed by atoms with E-state index in [2.05, 4.69) is 9.88 Å². The number of hydrogen-bond donors (Lipinski definition) is 1. The van der Waals surface area contributed by atoms with Crippen LogP contribution in [0.3, 0.4) is 0 Å². The molecule has 2 fully saturated rings. The lowest BCUT2D eigenvalue weighted by Crippen LogP contribution is -2.58. The Kier molecular flexibility index (Phi) is 5.84. The quantitative estimate of drug-likeness (QED) is 0.597. The summed E-state index contributed by atoms with van der Waals surface area (Å²) in [6.07, 6.45) is 7.23. The number of carbonyl (C=O) groups is 1. The Hall–Kier alpha value is -3.52. The standard InChI is InChI=1S/C28H31N5O3/c34-24(21-5-2-1-3-6-21)18-33-27-30-23(20-9-13-29-14-10-20)17-25(35)32(27)16-12-28(33)11-15-31(19-28)26(36)22-7-4-8-22/h1-3,5-6,9-10,13-14,17,22,24,34H,4,7-8,11-12,15-16,18-19H2/t24-,28?/m1/s1. The molecule has 186 valence electrons. The zero-order valence-corrected chi connectivity index (χ0v) is 20.3. The molecule has 2 aromatic heterocycles. The molecule has 0 radical (unpaired) electrons. The van der Waals surface area contributed by atoms with E-state index >= 15 is 0 Å². The predicted octanol–water partition coefficient (Wildman–Crippen LogP) is 3.02. The number of carbonyl (C=O) groups excluding carboxylic acids is 1. The molecule has 1 amide bonds. The SMILES string of the molecule is O=C(C1CCC1)N1CCC2(CCn3c(nc(-c4ccncc4)cc3=O)N2C[C@@H](O)c2ccccc2)C1. The van der Waals surface area contributed by atoms with Gasteiger partial charge in [0.1, 0.15) is 0 Å². The van der Waals surface area contributed by atoms with Gasteiger partial charge in [0.15, 0.2) is 0 Å². The van der Waals surface area contributed by atoms with E-state index in [1.165, 1.54) is 0 Å². The lowest BCUT2D eigenvalue weighted by molar-refractivity contribution is -0.137.